The zero-order chi connectivity index (χ0) is 27.5. The standard InChI is InChI=1S/C33H30ClNO5/c1-37-27-12-14-39-32(17-27)24-4-2-3-23(15-24)20-40-28-9-10-29-30(25-11-13-38-21-25)18-33(36)35(31(29)16-28)19-22-5-7-26(34)8-6-22/h2-11,13,15-16,18,21,27,32H,12,14,17,19-20H2,1H3. The van der Waals surface area contributed by atoms with E-state index in [1.807, 2.05) is 54.6 Å². The van der Waals surface area contributed by atoms with Gasteiger partial charge in [0.05, 0.1) is 36.8 Å². The maximum absolute atomic E-state index is 13.4. The number of nitrogens with zero attached hydrogens (tertiary/aromatic N) is 1. The Labute approximate surface area is 237 Å². The third-order valence-corrected chi connectivity index (χ3v) is 7.72. The van der Waals surface area contributed by atoms with Gasteiger partial charge in [-0.2, -0.15) is 0 Å². The van der Waals surface area contributed by atoms with Gasteiger partial charge in [0, 0.05) is 48.2 Å². The average molecular weight is 556 g/mol. The Morgan fingerprint density at radius 1 is 1.00 bits per heavy atom. The van der Waals surface area contributed by atoms with Crippen LogP contribution in [0.4, 0.5) is 0 Å². The van der Waals surface area contributed by atoms with E-state index < -0.39 is 0 Å². The Bertz CT molecular complexity index is 1660. The van der Waals surface area contributed by atoms with Crippen LogP contribution in [0.25, 0.3) is 22.0 Å². The fourth-order valence-electron chi connectivity index (χ4n) is 5.30. The minimum atomic E-state index is -0.106. The van der Waals surface area contributed by atoms with E-state index in [-0.39, 0.29) is 17.8 Å². The lowest BCUT2D eigenvalue weighted by Crippen LogP contribution is -2.25. The Kier molecular flexibility index (Phi) is 7.73. The summed E-state index contributed by atoms with van der Waals surface area (Å²) in [5.74, 6) is 0.680. The SMILES string of the molecule is COC1CCOC(c2cccc(COc3ccc4c(-c5ccoc5)cc(=O)n(Cc5ccc(Cl)cc5)c4c3)c2)C1. The summed E-state index contributed by atoms with van der Waals surface area (Å²) >= 11 is 6.09. The second-order valence-corrected chi connectivity index (χ2v) is 10.5. The molecule has 0 aliphatic carbocycles. The summed E-state index contributed by atoms with van der Waals surface area (Å²) < 4.78 is 24.9. The van der Waals surface area contributed by atoms with E-state index in [0.29, 0.717) is 30.5 Å². The molecule has 6 rings (SSSR count). The van der Waals surface area contributed by atoms with E-state index in [2.05, 4.69) is 18.2 Å². The van der Waals surface area contributed by atoms with E-state index in [1.54, 1.807) is 30.3 Å². The molecule has 204 valence electrons. The molecule has 5 aromatic rings. The fourth-order valence-corrected chi connectivity index (χ4v) is 5.43. The van der Waals surface area contributed by atoms with Crippen molar-refractivity contribution in [2.75, 3.05) is 13.7 Å². The number of methoxy groups -OCH3 is 1. The first-order valence-corrected chi connectivity index (χ1v) is 13.8. The van der Waals surface area contributed by atoms with Gasteiger partial charge in [-0.25, -0.2) is 0 Å². The van der Waals surface area contributed by atoms with Gasteiger partial charge in [-0.05, 0) is 65.1 Å². The van der Waals surface area contributed by atoms with Crippen LogP contribution in [0, 0.1) is 0 Å². The highest BCUT2D eigenvalue weighted by atomic mass is 35.5. The molecule has 1 saturated heterocycles. The quantitative estimate of drug-likeness (QED) is 0.199. The number of rotatable bonds is 8. The molecule has 0 saturated carbocycles. The third-order valence-electron chi connectivity index (χ3n) is 7.47. The summed E-state index contributed by atoms with van der Waals surface area (Å²) in [7, 11) is 1.76. The molecular formula is C33H30ClNO5. The normalized spacial score (nSPS) is 17.2. The van der Waals surface area contributed by atoms with Gasteiger partial charge in [0.15, 0.2) is 0 Å². The van der Waals surface area contributed by atoms with Crippen LogP contribution >= 0.6 is 11.6 Å². The van der Waals surface area contributed by atoms with Crippen LogP contribution in [-0.2, 0) is 22.6 Å². The second-order valence-electron chi connectivity index (χ2n) is 10.1. The number of fused-ring (bicyclic) bond motifs is 1. The minimum Gasteiger partial charge on any atom is -0.489 e. The first-order valence-electron chi connectivity index (χ1n) is 13.4. The monoisotopic (exact) mass is 555 g/mol. The van der Waals surface area contributed by atoms with Gasteiger partial charge in [-0.15, -0.1) is 0 Å². The first-order chi connectivity index (χ1) is 19.6. The summed E-state index contributed by atoms with van der Waals surface area (Å²) in [5.41, 5.74) is 5.51. The van der Waals surface area contributed by atoms with Crippen molar-refractivity contribution in [1.29, 1.82) is 0 Å². The zero-order valence-electron chi connectivity index (χ0n) is 22.2. The average Bonchev–Trinajstić information content (AvgIpc) is 3.53. The summed E-state index contributed by atoms with van der Waals surface area (Å²) in [6.45, 7) is 1.50. The molecule has 2 unspecified atom stereocenters. The molecule has 3 aromatic carbocycles. The summed E-state index contributed by atoms with van der Waals surface area (Å²) in [6, 6.07) is 25.3. The van der Waals surface area contributed by atoms with Gasteiger partial charge in [-0.3, -0.25) is 4.79 Å². The molecular weight excluding hydrogens is 526 g/mol. The molecule has 1 aliphatic heterocycles. The molecule has 3 heterocycles. The van der Waals surface area contributed by atoms with Gasteiger partial charge in [0.25, 0.3) is 5.56 Å². The Hall–Kier alpha value is -3.84. The summed E-state index contributed by atoms with van der Waals surface area (Å²) in [4.78, 5) is 13.4. The second kappa shape index (κ2) is 11.7. The number of hydrogen-bond acceptors (Lipinski definition) is 5. The minimum absolute atomic E-state index is 0.0166. The van der Waals surface area contributed by atoms with Crippen LogP contribution in [0.5, 0.6) is 5.75 Å². The van der Waals surface area contributed by atoms with Crippen molar-refractivity contribution in [3.05, 3.63) is 123 Å². The highest BCUT2D eigenvalue weighted by Gasteiger charge is 2.24. The number of ether oxygens (including phenoxy) is 3. The molecule has 2 aromatic heterocycles. The topological polar surface area (TPSA) is 62.8 Å². The van der Waals surface area contributed by atoms with Crippen LogP contribution in [0.3, 0.4) is 0 Å². The predicted molar refractivity (Wildman–Crippen MR) is 156 cm³/mol. The molecule has 7 heteroatoms. The van der Waals surface area contributed by atoms with Crippen molar-refractivity contribution >= 4 is 22.5 Å². The fraction of sp³-hybridized carbons (Fsp3) is 0.242. The molecule has 40 heavy (non-hydrogen) atoms. The lowest BCUT2D eigenvalue weighted by Gasteiger charge is -2.29. The number of halogens is 1. The number of benzene rings is 3. The van der Waals surface area contributed by atoms with E-state index in [4.69, 9.17) is 30.2 Å². The van der Waals surface area contributed by atoms with Crippen molar-refractivity contribution in [3.8, 4) is 16.9 Å². The molecule has 2 atom stereocenters. The van der Waals surface area contributed by atoms with Crippen molar-refractivity contribution in [1.82, 2.24) is 4.57 Å². The van der Waals surface area contributed by atoms with Crippen molar-refractivity contribution in [2.45, 2.75) is 38.2 Å². The van der Waals surface area contributed by atoms with Crippen LogP contribution in [0.1, 0.15) is 35.6 Å². The Morgan fingerprint density at radius 2 is 1.88 bits per heavy atom. The molecule has 0 spiro atoms. The van der Waals surface area contributed by atoms with Crippen molar-refractivity contribution in [2.24, 2.45) is 0 Å². The maximum Gasteiger partial charge on any atom is 0.251 e. The van der Waals surface area contributed by atoms with Crippen LogP contribution in [-0.4, -0.2) is 24.4 Å². The number of furan rings is 1. The van der Waals surface area contributed by atoms with Gasteiger partial charge in [0.1, 0.15) is 12.4 Å². The van der Waals surface area contributed by atoms with Gasteiger partial charge in [0.2, 0.25) is 0 Å². The molecule has 0 bridgehead atoms. The highest BCUT2D eigenvalue weighted by Crippen LogP contribution is 2.32. The van der Waals surface area contributed by atoms with E-state index >= 15 is 0 Å². The number of hydrogen-bond donors (Lipinski definition) is 0. The van der Waals surface area contributed by atoms with Gasteiger partial charge in [-0.1, -0.05) is 41.9 Å². The molecule has 1 fully saturated rings. The van der Waals surface area contributed by atoms with Crippen molar-refractivity contribution < 1.29 is 18.6 Å². The molecule has 1 aliphatic rings. The lowest BCUT2D eigenvalue weighted by atomic mass is 9.98. The number of aromatic nitrogens is 1. The third kappa shape index (κ3) is 5.70. The molecule has 0 N–H and O–H groups in total. The smallest absolute Gasteiger partial charge is 0.251 e. The molecule has 0 amide bonds. The first kappa shape index (κ1) is 26.4. The highest BCUT2D eigenvalue weighted by molar-refractivity contribution is 6.30. The van der Waals surface area contributed by atoms with Crippen LogP contribution in [0.2, 0.25) is 5.02 Å². The van der Waals surface area contributed by atoms with Crippen molar-refractivity contribution in [3.63, 3.8) is 0 Å². The summed E-state index contributed by atoms with van der Waals surface area (Å²) in [5, 5.41) is 1.59. The van der Waals surface area contributed by atoms with Crippen LogP contribution in [0.15, 0.2) is 101 Å². The predicted octanol–water partition coefficient (Wildman–Crippen LogP) is 7.41. The van der Waals surface area contributed by atoms with E-state index in [1.165, 1.54) is 0 Å². The zero-order valence-corrected chi connectivity index (χ0v) is 23.0. The van der Waals surface area contributed by atoms with E-state index in [9.17, 15) is 4.79 Å². The number of pyridine rings is 1. The van der Waals surface area contributed by atoms with E-state index in [0.717, 1.165) is 51.6 Å². The van der Waals surface area contributed by atoms with Gasteiger partial charge < -0.3 is 23.2 Å². The lowest BCUT2D eigenvalue weighted by molar-refractivity contribution is -0.0599. The Balaban J connectivity index is 1.30. The summed E-state index contributed by atoms with van der Waals surface area (Å²) in [6.07, 6.45) is 5.26. The van der Waals surface area contributed by atoms with Crippen LogP contribution < -0.4 is 10.3 Å². The Morgan fingerprint density at radius 3 is 2.67 bits per heavy atom. The van der Waals surface area contributed by atoms with Gasteiger partial charge >= 0.3 is 0 Å². The molecule has 0 radical (unpaired) electrons. The maximum atomic E-state index is 13.4. The molecule has 6 nitrogen and oxygen atoms in total. The largest absolute Gasteiger partial charge is 0.489 e.